The molecule has 0 aliphatic carbocycles. The van der Waals surface area contributed by atoms with E-state index < -0.39 is 11.5 Å². The van der Waals surface area contributed by atoms with E-state index in [0.29, 0.717) is 30.5 Å². The lowest BCUT2D eigenvalue weighted by atomic mass is 9.96. The highest BCUT2D eigenvalue weighted by atomic mass is 16.5. The lowest BCUT2D eigenvalue weighted by Crippen LogP contribution is -2.56. The van der Waals surface area contributed by atoms with Gasteiger partial charge in [0, 0.05) is 19.2 Å². The maximum Gasteiger partial charge on any atom is 0.332 e. The summed E-state index contributed by atoms with van der Waals surface area (Å²) in [6.07, 6.45) is 0.996. The van der Waals surface area contributed by atoms with E-state index in [1.54, 1.807) is 24.3 Å². The van der Waals surface area contributed by atoms with Crippen LogP contribution in [0.3, 0.4) is 0 Å². The van der Waals surface area contributed by atoms with Crippen molar-refractivity contribution in [1.82, 2.24) is 4.90 Å². The highest BCUT2D eigenvalue weighted by molar-refractivity contribution is 5.98. The number of ether oxygens (including phenoxy) is 1. The van der Waals surface area contributed by atoms with E-state index in [9.17, 15) is 14.7 Å². The van der Waals surface area contributed by atoms with E-state index in [4.69, 9.17) is 10.00 Å². The van der Waals surface area contributed by atoms with Crippen LogP contribution in [0, 0.1) is 11.3 Å². The minimum absolute atomic E-state index is 0.0373. The predicted molar refractivity (Wildman–Crippen MR) is 73.7 cm³/mol. The lowest BCUT2D eigenvalue weighted by Gasteiger charge is -2.34. The molecule has 1 N–H and O–H groups in total. The molecule has 6 nitrogen and oxygen atoms in total. The number of nitrogens with zero attached hydrogens (tertiary/aromatic N) is 2. The van der Waals surface area contributed by atoms with Crippen LogP contribution in [-0.4, -0.2) is 47.7 Å². The van der Waals surface area contributed by atoms with Crippen molar-refractivity contribution in [1.29, 1.82) is 5.26 Å². The van der Waals surface area contributed by atoms with Crippen molar-refractivity contribution >= 4 is 11.9 Å². The number of carbonyl (C=O) groups is 2. The van der Waals surface area contributed by atoms with E-state index in [2.05, 4.69) is 0 Å². The number of aliphatic carboxylic acids is 1. The Hall–Kier alpha value is -2.39. The molecule has 1 aliphatic heterocycles. The third-order valence-corrected chi connectivity index (χ3v) is 3.78. The number of carbonyl (C=O) groups excluding carboxylic acids is 1. The molecule has 1 aliphatic rings. The first-order valence-electron chi connectivity index (χ1n) is 6.59. The van der Waals surface area contributed by atoms with Crippen LogP contribution in [0.2, 0.25) is 0 Å². The van der Waals surface area contributed by atoms with Gasteiger partial charge < -0.3 is 14.7 Å². The van der Waals surface area contributed by atoms with Crippen molar-refractivity contribution < 1.29 is 19.4 Å². The number of benzene rings is 1. The second-order valence-corrected chi connectivity index (χ2v) is 5.02. The van der Waals surface area contributed by atoms with Crippen molar-refractivity contribution in [2.45, 2.75) is 18.4 Å². The van der Waals surface area contributed by atoms with Crippen molar-refractivity contribution in [3.63, 3.8) is 0 Å². The Labute approximate surface area is 122 Å². The summed E-state index contributed by atoms with van der Waals surface area (Å²) in [6.45, 7) is 0.346. The van der Waals surface area contributed by atoms with Crippen molar-refractivity contribution in [2.75, 3.05) is 20.3 Å². The molecule has 0 bridgehead atoms. The average molecular weight is 288 g/mol. The molecular formula is C15H16N2O4. The van der Waals surface area contributed by atoms with E-state index in [1.807, 2.05) is 6.07 Å². The zero-order valence-corrected chi connectivity index (χ0v) is 11.7. The fourth-order valence-electron chi connectivity index (χ4n) is 2.69. The van der Waals surface area contributed by atoms with Gasteiger partial charge in [-0.3, -0.25) is 4.79 Å². The first-order valence-corrected chi connectivity index (χ1v) is 6.59. The zero-order valence-electron chi connectivity index (χ0n) is 11.7. The van der Waals surface area contributed by atoms with Crippen LogP contribution >= 0.6 is 0 Å². The van der Waals surface area contributed by atoms with Crippen molar-refractivity contribution in [3.05, 3.63) is 35.4 Å². The van der Waals surface area contributed by atoms with Gasteiger partial charge in [0.15, 0.2) is 5.54 Å². The number of hydrogen-bond donors (Lipinski definition) is 1. The molecule has 1 aromatic rings. The standard InChI is InChI=1S/C15H16N2O4/c1-21-10-15(14(19)20)7-2-8-17(15)13(18)12-5-3-11(9-16)4-6-12/h3-6H,2,7-8,10H2,1H3,(H,19,20). The third kappa shape index (κ3) is 2.60. The first kappa shape index (κ1) is 15.0. The van der Waals surface area contributed by atoms with Gasteiger partial charge in [0.2, 0.25) is 0 Å². The number of carboxylic acids is 1. The highest BCUT2D eigenvalue weighted by Crippen LogP contribution is 2.31. The van der Waals surface area contributed by atoms with Gasteiger partial charge in [-0.25, -0.2) is 4.79 Å². The summed E-state index contributed by atoms with van der Waals surface area (Å²) in [5, 5.41) is 18.3. The molecule has 1 atom stereocenters. The molecule has 1 fully saturated rings. The summed E-state index contributed by atoms with van der Waals surface area (Å²) in [6, 6.07) is 8.15. The SMILES string of the molecule is COCC1(C(=O)O)CCCN1C(=O)c1ccc(C#N)cc1. The molecule has 0 radical (unpaired) electrons. The van der Waals surface area contributed by atoms with Crippen molar-refractivity contribution in [3.8, 4) is 6.07 Å². The Morgan fingerprint density at radius 2 is 2.10 bits per heavy atom. The molecule has 110 valence electrons. The summed E-state index contributed by atoms with van der Waals surface area (Å²) >= 11 is 0. The molecule has 1 unspecified atom stereocenters. The second-order valence-electron chi connectivity index (χ2n) is 5.02. The summed E-state index contributed by atoms with van der Waals surface area (Å²) in [5.74, 6) is -1.40. The Balaban J connectivity index is 2.32. The van der Waals surface area contributed by atoms with Crippen LogP contribution in [0.25, 0.3) is 0 Å². The van der Waals surface area contributed by atoms with Crippen LogP contribution in [-0.2, 0) is 9.53 Å². The van der Waals surface area contributed by atoms with Gasteiger partial charge in [-0.15, -0.1) is 0 Å². The zero-order chi connectivity index (χ0) is 15.5. The minimum atomic E-state index is -1.31. The van der Waals surface area contributed by atoms with E-state index in [0.717, 1.165) is 0 Å². The smallest absolute Gasteiger partial charge is 0.332 e. The molecule has 0 aromatic heterocycles. The molecule has 1 saturated heterocycles. The maximum atomic E-state index is 12.6. The van der Waals surface area contributed by atoms with Gasteiger partial charge in [-0.05, 0) is 37.1 Å². The number of methoxy groups -OCH3 is 1. The van der Waals surface area contributed by atoms with Gasteiger partial charge in [0.1, 0.15) is 0 Å². The van der Waals surface area contributed by atoms with Crippen LogP contribution in [0.4, 0.5) is 0 Å². The number of nitriles is 1. The molecular weight excluding hydrogens is 272 g/mol. The molecule has 0 saturated carbocycles. The average Bonchev–Trinajstić information content (AvgIpc) is 2.92. The molecule has 6 heteroatoms. The van der Waals surface area contributed by atoms with E-state index >= 15 is 0 Å². The Morgan fingerprint density at radius 3 is 2.62 bits per heavy atom. The quantitative estimate of drug-likeness (QED) is 0.900. The molecule has 1 amide bonds. The van der Waals surface area contributed by atoms with Crippen LogP contribution in [0.5, 0.6) is 0 Å². The summed E-state index contributed by atoms with van der Waals surface area (Å²) in [7, 11) is 1.42. The lowest BCUT2D eigenvalue weighted by molar-refractivity contribution is -0.151. The van der Waals surface area contributed by atoms with Gasteiger partial charge in [-0.2, -0.15) is 5.26 Å². The number of carboxylic acid groups (broad SMARTS) is 1. The largest absolute Gasteiger partial charge is 0.479 e. The first-order chi connectivity index (χ1) is 10.0. The van der Waals surface area contributed by atoms with Crippen molar-refractivity contribution in [2.24, 2.45) is 0 Å². The summed E-state index contributed by atoms with van der Waals surface area (Å²) in [5.41, 5.74) is -0.480. The Bertz CT molecular complexity index is 591. The Kier molecular flexibility index (Phi) is 4.24. The molecule has 1 heterocycles. The molecule has 2 rings (SSSR count). The number of rotatable bonds is 4. The Morgan fingerprint density at radius 1 is 1.43 bits per heavy atom. The monoisotopic (exact) mass is 288 g/mol. The fraction of sp³-hybridized carbons (Fsp3) is 0.400. The van der Waals surface area contributed by atoms with E-state index in [-0.39, 0.29) is 12.5 Å². The van der Waals surface area contributed by atoms with Gasteiger partial charge >= 0.3 is 5.97 Å². The van der Waals surface area contributed by atoms with Gasteiger partial charge in [0.05, 0.1) is 18.2 Å². The predicted octanol–water partition coefficient (Wildman–Crippen LogP) is 1.26. The summed E-state index contributed by atoms with van der Waals surface area (Å²) in [4.78, 5) is 25.6. The summed E-state index contributed by atoms with van der Waals surface area (Å²) < 4.78 is 5.03. The molecule has 0 spiro atoms. The molecule has 1 aromatic carbocycles. The third-order valence-electron chi connectivity index (χ3n) is 3.78. The van der Waals surface area contributed by atoms with E-state index in [1.165, 1.54) is 12.0 Å². The normalized spacial score (nSPS) is 21.0. The number of amides is 1. The topological polar surface area (TPSA) is 90.6 Å². The van der Waals surface area contributed by atoms with Gasteiger partial charge in [0.25, 0.3) is 5.91 Å². The number of hydrogen-bond acceptors (Lipinski definition) is 4. The fourth-order valence-corrected chi connectivity index (χ4v) is 2.69. The van der Waals surface area contributed by atoms with Crippen LogP contribution < -0.4 is 0 Å². The minimum Gasteiger partial charge on any atom is -0.479 e. The van der Waals surface area contributed by atoms with Gasteiger partial charge in [-0.1, -0.05) is 0 Å². The molecule has 21 heavy (non-hydrogen) atoms. The maximum absolute atomic E-state index is 12.6. The van der Waals surface area contributed by atoms with Crippen LogP contribution in [0.1, 0.15) is 28.8 Å². The number of likely N-dealkylation sites (tertiary alicyclic amines) is 1. The highest BCUT2D eigenvalue weighted by Gasteiger charge is 2.50. The second kappa shape index (κ2) is 5.94. The van der Waals surface area contributed by atoms with Crippen LogP contribution in [0.15, 0.2) is 24.3 Å².